The van der Waals surface area contributed by atoms with Crippen molar-refractivity contribution >= 4 is 45.4 Å². The Balaban J connectivity index is 1.45. The van der Waals surface area contributed by atoms with Gasteiger partial charge in [0.15, 0.2) is 11.9 Å². The number of nitrogens with zero attached hydrogens (tertiary/aromatic N) is 2. The topological polar surface area (TPSA) is 122 Å². The number of fused-ring (bicyclic) bond motifs is 2. The Morgan fingerprint density at radius 3 is 2.28 bits per heavy atom. The Labute approximate surface area is 223 Å². The number of nitrogens with one attached hydrogen (secondary N) is 4. The molecule has 1 aliphatic rings. The number of benzene rings is 3. The minimum atomic E-state index is -1.04. The van der Waals surface area contributed by atoms with Crippen molar-refractivity contribution in [1.82, 2.24) is 25.6 Å². The molecule has 1 aliphatic heterocycles. The van der Waals surface area contributed by atoms with Gasteiger partial charge in [-0.05, 0) is 17.7 Å². The SMILES string of the molecule is CC(=O)N[C@@H](Cc1c[nH]c2ccccc12)C(=O)N1N=C(c2ccccc2)NC(=O)[C@H]1c1c[nH]c2ccccc12. The molecule has 194 valence electrons. The molecule has 0 unspecified atom stereocenters. The third-order valence-electron chi connectivity index (χ3n) is 6.91. The molecule has 0 fully saturated rings. The smallest absolute Gasteiger partial charge is 0.266 e. The zero-order valence-corrected chi connectivity index (χ0v) is 21.1. The van der Waals surface area contributed by atoms with Crippen molar-refractivity contribution in [2.24, 2.45) is 5.10 Å². The van der Waals surface area contributed by atoms with E-state index in [0.29, 0.717) is 11.1 Å². The van der Waals surface area contributed by atoms with E-state index < -0.39 is 23.9 Å². The van der Waals surface area contributed by atoms with Crippen LogP contribution in [0.5, 0.6) is 0 Å². The van der Waals surface area contributed by atoms with Crippen molar-refractivity contribution < 1.29 is 14.4 Å². The number of carbonyl (C=O) groups is 3. The summed E-state index contributed by atoms with van der Waals surface area (Å²) in [7, 11) is 0. The van der Waals surface area contributed by atoms with Gasteiger partial charge >= 0.3 is 0 Å². The normalized spacial score (nSPS) is 16.1. The van der Waals surface area contributed by atoms with Crippen LogP contribution in [0.2, 0.25) is 0 Å². The van der Waals surface area contributed by atoms with Crippen LogP contribution in [0, 0.1) is 0 Å². The fourth-order valence-corrected chi connectivity index (χ4v) is 5.11. The first-order chi connectivity index (χ1) is 19.0. The fraction of sp³-hybridized carbons (Fsp3) is 0.133. The molecule has 3 heterocycles. The molecule has 0 aliphatic carbocycles. The Kier molecular flexibility index (Phi) is 6.16. The van der Waals surface area contributed by atoms with Crippen LogP contribution in [0.25, 0.3) is 21.8 Å². The molecule has 4 N–H and O–H groups in total. The number of aromatic amines is 2. The van der Waals surface area contributed by atoms with Gasteiger partial charge in [-0.25, -0.2) is 5.01 Å². The van der Waals surface area contributed by atoms with E-state index in [4.69, 9.17) is 0 Å². The third kappa shape index (κ3) is 4.54. The maximum atomic E-state index is 14.3. The van der Waals surface area contributed by atoms with Crippen LogP contribution in [0.4, 0.5) is 0 Å². The van der Waals surface area contributed by atoms with Gasteiger partial charge in [0, 0.05) is 58.7 Å². The van der Waals surface area contributed by atoms with Gasteiger partial charge in [-0.2, -0.15) is 5.10 Å². The molecule has 2 aromatic heterocycles. The van der Waals surface area contributed by atoms with Gasteiger partial charge in [-0.15, -0.1) is 0 Å². The van der Waals surface area contributed by atoms with Crippen LogP contribution in [-0.4, -0.2) is 44.6 Å². The number of hydrogen-bond donors (Lipinski definition) is 4. The standard InChI is InChI=1S/C30H26N6O3/c1-18(37)33-26(15-20-16-31-24-13-7-5-11-21(20)24)30(39)36-27(23-17-32-25-14-8-6-12-22(23)25)29(38)34-28(35-36)19-9-3-2-4-10-19/h2-14,16-17,26-27,31-32H,15H2,1H3,(H,33,37)(H,34,35,38)/t26-,27+/m0/s1. The molecule has 9 heteroatoms. The molecular weight excluding hydrogens is 492 g/mol. The molecule has 0 radical (unpaired) electrons. The molecular formula is C30H26N6O3. The van der Waals surface area contributed by atoms with Crippen LogP contribution in [0.1, 0.15) is 29.7 Å². The van der Waals surface area contributed by atoms with E-state index in [-0.39, 0.29) is 18.2 Å². The van der Waals surface area contributed by atoms with E-state index in [1.54, 1.807) is 6.20 Å². The van der Waals surface area contributed by atoms with Crippen LogP contribution >= 0.6 is 0 Å². The van der Waals surface area contributed by atoms with Crippen molar-refractivity contribution in [2.45, 2.75) is 25.4 Å². The second kappa shape index (κ2) is 9.94. The number of H-pyrrole nitrogens is 2. The van der Waals surface area contributed by atoms with Gasteiger partial charge < -0.3 is 20.6 Å². The first-order valence-electron chi connectivity index (χ1n) is 12.7. The molecule has 0 saturated heterocycles. The molecule has 0 saturated carbocycles. The average molecular weight is 519 g/mol. The number of amidine groups is 1. The molecule has 9 nitrogen and oxygen atoms in total. The second-order valence-electron chi connectivity index (χ2n) is 9.50. The fourth-order valence-electron chi connectivity index (χ4n) is 5.11. The second-order valence-corrected chi connectivity index (χ2v) is 9.50. The monoisotopic (exact) mass is 518 g/mol. The lowest BCUT2D eigenvalue weighted by Crippen LogP contribution is -2.55. The molecule has 3 aromatic carbocycles. The van der Waals surface area contributed by atoms with Crippen LogP contribution in [0.15, 0.2) is 96.4 Å². The number of carbonyl (C=O) groups excluding carboxylic acids is 3. The highest BCUT2D eigenvalue weighted by molar-refractivity contribution is 6.12. The van der Waals surface area contributed by atoms with E-state index in [9.17, 15) is 14.4 Å². The Bertz CT molecular complexity index is 1740. The maximum Gasteiger partial charge on any atom is 0.266 e. The lowest BCUT2D eigenvalue weighted by molar-refractivity contribution is -0.144. The average Bonchev–Trinajstić information content (AvgIpc) is 3.56. The lowest BCUT2D eigenvalue weighted by Gasteiger charge is -2.34. The minimum Gasteiger partial charge on any atom is -0.361 e. The highest BCUT2D eigenvalue weighted by Crippen LogP contribution is 2.32. The minimum absolute atomic E-state index is 0.220. The summed E-state index contributed by atoms with van der Waals surface area (Å²) in [4.78, 5) is 46.6. The van der Waals surface area contributed by atoms with E-state index in [0.717, 1.165) is 27.4 Å². The summed E-state index contributed by atoms with van der Waals surface area (Å²) in [6, 6.07) is 22.5. The van der Waals surface area contributed by atoms with Crippen molar-refractivity contribution in [3.8, 4) is 0 Å². The highest BCUT2D eigenvalue weighted by atomic mass is 16.2. The van der Waals surface area contributed by atoms with Gasteiger partial charge in [0.05, 0.1) is 0 Å². The first kappa shape index (κ1) is 24.2. The lowest BCUT2D eigenvalue weighted by atomic mass is 10.00. The van der Waals surface area contributed by atoms with Crippen molar-refractivity contribution in [2.75, 3.05) is 0 Å². The zero-order valence-electron chi connectivity index (χ0n) is 21.1. The molecule has 0 bridgehead atoms. The maximum absolute atomic E-state index is 14.3. The number of hydrazone groups is 1. The van der Waals surface area contributed by atoms with Gasteiger partial charge in [0.1, 0.15) is 6.04 Å². The van der Waals surface area contributed by atoms with E-state index in [1.807, 2.05) is 85.1 Å². The van der Waals surface area contributed by atoms with E-state index in [2.05, 4.69) is 25.7 Å². The van der Waals surface area contributed by atoms with Crippen molar-refractivity contribution in [3.63, 3.8) is 0 Å². The summed E-state index contributed by atoms with van der Waals surface area (Å²) in [6.07, 6.45) is 3.79. The Morgan fingerprint density at radius 2 is 1.54 bits per heavy atom. The number of para-hydroxylation sites is 2. The van der Waals surface area contributed by atoms with Gasteiger partial charge in [0.25, 0.3) is 11.8 Å². The molecule has 39 heavy (non-hydrogen) atoms. The van der Waals surface area contributed by atoms with Crippen LogP contribution in [-0.2, 0) is 20.8 Å². The summed E-state index contributed by atoms with van der Waals surface area (Å²) in [5.74, 6) is -0.978. The van der Waals surface area contributed by atoms with E-state index >= 15 is 0 Å². The molecule has 6 rings (SSSR count). The van der Waals surface area contributed by atoms with Crippen molar-refractivity contribution in [1.29, 1.82) is 0 Å². The van der Waals surface area contributed by atoms with Gasteiger partial charge in [0.2, 0.25) is 5.91 Å². The Morgan fingerprint density at radius 1 is 0.897 bits per heavy atom. The largest absolute Gasteiger partial charge is 0.361 e. The zero-order chi connectivity index (χ0) is 26.9. The quantitative estimate of drug-likeness (QED) is 0.274. The summed E-state index contributed by atoms with van der Waals surface area (Å²) in [5, 5.41) is 13.3. The van der Waals surface area contributed by atoms with E-state index in [1.165, 1.54) is 11.9 Å². The first-order valence-corrected chi connectivity index (χ1v) is 12.7. The van der Waals surface area contributed by atoms with Gasteiger partial charge in [-0.3, -0.25) is 14.4 Å². The summed E-state index contributed by atoms with van der Waals surface area (Å²) < 4.78 is 0. The summed E-state index contributed by atoms with van der Waals surface area (Å²) >= 11 is 0. The number of hydrogen-bond acceptors (Lipinski definition) is 4. The molecule has 3 amide bonds. The van der Waals surface area contributed by atoms with Crippen LogP contribution < -0.4 is 10.6 Å². The summed E-state index contributed by atoms with van der Waals surface area (Å²) in [6.45, 7) is 1.37. The number of aromatic nitrogens is 2. The predicted molar refractivity (Wildman–Crippen MR) is 149 cm³/mol. The highest BCUT2D eigenvalue weighted by Gasteiger charge is 2.40. The van der Waals surface area contributed by atoms with Crippen LogP contribution in [0.3, 0.4) is 0 Å². The third-order valence-corrected chi connectivity index (χ3v) is 6.91. The number of rotatable bonds is 6. The number of amides is 3. The van der Waals surface area contributed by atoms with Gasteiger partial charge in [-0.1, -0.05) is 66.7 Å². The summed E-state index contributed by atoms with van der Waals surface area (Å²) in [5.41, 5.74) is 3.91. The Hall–Kier alpha value is -5.18. The molecule has 2 atom stereocenters. The molecule has 0 spiro atoms. The molecule has 5 aromatic rings. The van der Waals surface area contributed by atoms with Crippen molar-refractivity contribution in [3.05, 3.63) is 108 Å². The predicted octanol–water partition coefficient (Wildman–Crippen LogP) is 3.76.